The van der Waals surface area contributed by atoms with Gasteiger partial charge in [-0.25, -0.2) is 0 Å². The molecule has 0 unspecified atom stereocenters. The van der Waals surface area contributed by atoms with Gasteiger partial charge >= 0.3 is 0 Å². The predicted molar refractivity (Wildman–Crippen MR) is 100 cm³/mol. The number of fused-ring (bicyclic) bond motifs is 1. The molecule has 7 nitrogen and oxygen atoms in total. The van der Waals surface area contributed by atoms with Crippen molar-refractivity contribution in [3.05, 3.63) is 42.5 Å². The zero-order chi connectivity index (χ0) is 18.7. The summed E-state index contributed by atoms with van der Waals surface area (Å²) < 4.78 is 10.5. The molecule has 2 N–H and O–H groups in total. The van der Waals surface area contributed by atoms with E-state index in [-0.39, 0.29) is 18.4 Å². The van der Waals surface area contributed by atoms with Crippen LogP contribution in [0.15, 0.2) is 42.5 Å². The summed E-state index contributed by atoms with van der Waals surface area (Å²) in [6, 6.07) is 12.0. The zero-order valence-electron chi connectivity index (χ0n) is 14.9. The highest BCUT2D eigenvalue weighted by Gasteiger charge is 2.29. The Morgan fingerprint density at radius 2 is 1.96 bits per heavy atom. The third-order valence-electron chi connectivity index (χ3n) is 4.19. The summed E-state index contributed by atoms with van der Waals surface area (Å²) in [4.78, 5) is 26.4. The van der Waals surface area contributed by atoms with Crippen LogP contribution in [0.3, 0.4) is 0 Å². The minimum atomic E-state index is -0.559. The molecule has 1 aliphatic heterocycles. The standard InChI is InChI=1S/C19H21N3O4/c1-12(20-15-9-8-13(25-2)10-17(15)26-3)19(24)22-11-18(23)21-14-6-4-5-7-16(14)22/h4-10,12,20H,11H2,1-3H3,(H,21,23)/t12-/m1/s1. The molecule has 7 heteroatoms. The number of hydrogen-bond donors (Lipinski definition) is 2. The Balaban J connectivity index is 1.82. The maximum atomic E-state index is 13.0. The van der Waals surface area contributed by atoms with Crippen LogP contribution in [0.2, 0.25) is 0 Å². The third-order valence-corrected chi connectivity index (χ3v) is 4.19. The van der Waals surface area contributed by atoms with Gasteiger partial charge in [0.15, 0.2) is 0 Å². The molecule has 0 bridgehead atoms. The first-order chi connectivity index (χ1) is 12.5. The lowest BCUT2D eigenvalue weighted by Gasteiger charge is -2.31. The van der Waals surface area contributed by atoms with Crippen molar-refractivity contribution in [1.29, 1.82) is 0 Å². The van der Waals surface area contributed by atoms with E-state index in [0.717, 1.165) is 0 Å². The molecular weight excluding hydrogens is 334 g/mol. The summed E-state index contributed by atoms with van der Waals surface area (Å²) >= 11 is 0. The molecule has 0 aliphatic carbocycles. The smallest absolute Gasteiger partial charge is 0.249 e. The molecule has 26 heavy (non-hydrogen) atoms. The maximum absolute atomic E-state index is 13.0. The molecule has 0 radical (unpaired) electrons. The van der Waals surface area contributed by atoms with E-state index in [1.165, 1.54) is 4.90 Å². The van der Waals surface area contributed by atoms with E-state index < -0.39 is 6.04 Å². The predicted octanol–water partition coefficient (Wildman–Crippen LogP) is 2.49. The van der Waals surface area contributed by atoms with Crippen molar-refractivity contribution in [3.63, 3.8) is 0 Å². The Morgan fingerprint density at radius 3 is 2.69 bits per heavy atom. The normalized spacial score (nSPS) is 14.1. The number of hydrogen-bond acceptors (Lipinski definition) is 5. The lowest BCUT2D eigenvalue weighted by Crippen LogP contribution is -2.47. The van der Waals surface area contributed by atoms with E-state index in [1.807, 2.05) is 18.2 Å². The summed E-state index contributed by atoms with van der Waals surface area (Å²) in [5, 5.41) is 5.93. The fraction of sp³-hybridized carbons (Fsp3) is 0.263. The van der Waals surface area contributed by atoms with Crippen molar-refractivity contribution >= 4 is 28.9 Å². The first-order valence-corrected chi connectivity index (χ1v) is 8.22. The number of benzene rings is 2. The first kappa shape index (κ1) is 17.6. The molecular formula is C19H21N3O4. The fourth-order valence-corrected chi connectivity index (χ4v) is 2.88. The van der Waals surface area contributed by atoms with Crippen molar-refractivity contribution in [3.8, 4) is 11.5 Å². The van der Waals surface area contributed by atoms with Crippen LogP contribution < -0.4 is 25.0 Å². The summed E-state index contributed by atoms with van der Waals surface area (Å²) in [6.07, 6.45) is 0. The van der Waals surface area contributed by atoms with Gasteiger partial charge in [0.2, 0.25) is 11.8 Å². The quantitative estimate of drug-likeness (QED) is 0.861. The second kappa shape index (κ2) is 7.35. The molecule has 136 valence electrons. The molecule has 0 aromatic heterocycles. The average Bonchev–Trinajstić information content (AvgIpc) is 2.66. The van der Waals surface area contributed by atoms with Gasteiger partial charge in [-0.05, 0) is 31.2 Å². The Hall–Kier alpha value is -3.22. The molecule has 2 amide bonds. The number of anilines is 3. The number of para-hydroxylation sites is 2. The van der Waals surface area contributed by atoms with Gasteiger partial charge in [-0.3, -0.25) is 14.5 Å². The van der Waals surface area contributed by atoms with Crippen LogP contribution in [0, 0.1) is 0 Å². The van der Waals surface area contributed by atoms with Crippen molar-refractivity contribution < 1.29 is 19.1 Å². The monoisotopic (exact) mass is 355 g/mol. The topological polar surface area (TPSA) is 79.9 Å². The number of nitrogens with one attached hydrogen (secondary N) is 2. The summed E-state index contributed by atoms with van der Waals surface area (Å²) in [7, 11) is 3.13. The number of nitrogens with zero attached hydrogens (tertiary/aromatic N) is 1. The van der Waals surface area contributed by atoms with Gasteiger partial charge in [-0.15, -0.1) is 0 Å². The van der Waals surface area contributed by atoms with Crippen LogP contribution in [0.25, 0.3) is 0 Å². The molecule has 1 aliphatic rings. The summed E-state index contributed by atoms with van der Waals surface area (Å²) in [6.45, 7) is 1.74. The fourth-order valence-electron chi connectivity index (χ4n) is 2.88. The first-order valence-electron chi connectivity index (χ1n) is 8.22. The van der Waals surface area contributed by atoms with Gasteiger partial charge in [0.1, 0.15) is 24.1 Å². The van der Waals surface area contributed by atoms with Crippen molar-refractivity contribution in [2.24, 2.45) is 0 Å². The van der Waals surface area contributed by atoms with Crippen molar-refractivity contribution in [2.75, 3.05) is 36.3 Å². The molecule has 0 fully saturated rings. The molecule has 0 saturated carbocycles. The van der Waals surface area contributed by atoms with Crippen LogP contribution >= 0.6 is 0 Å². The minimum absolute atomic E-state index is 0.0123. The van der Waals surface area contributed by atoms with E-state index in [9.17, 15) is 9.59 Å². The molecule has 1 heterocycles. The van der Waals surface area contributed by atoms with Crippen molar-refractivity contribution in [2.45, 2.75) is 13.0 Å². The number of methoxy groups -OCH3 is 2. The Kier molecular flexibility index (Phi) is 4.97. The number of carbonyl (C=O) groups excluding carboxylic acids is 2. The van der Waals surface area contributed by atoms with E-state index in [4.69, 9.17) is 9.47 Å². The lowest BCUT2D eigenvalue weighted by molar-refractivity contribution is -0.122. The van der Waals surface area contributed by atoms with E-state index in [0.29, 0.717) is 28.6 Å². The maximum Gasteiger partial charge on any atom is 0.249 e. The largest absolute Gasteiger partial charge is 0.497 e. The molecule has 3 rings (SSSR count). The highest BCUT2D eigenvalue weighted by atomic mass is 16.5. The average molecular weight is 355 g/mol. The summed E-state index contributed by atoms with van der Waals surface area (Å²) in [5.74, 6) is 0.810. The van der Waals surface area contributed by atoms with Gasteiger partial charge in [-0.1, -0.05) is 12.1 Å². The highest BCUT2D eigenvalue weighted by Crippen LogP contribution is 2.32. The van der Waals surface area contributed by atoms with Crippen LogP contribution in [-0.2, 0) is 9.59 Å². The third kappa shape index (κ3) is 3.42. The van der Waals surface area contributed by atoms with Crippen LogP contribution in [0.4, 0.5) is 17.1 Å². The SMILES string of the molecule is COc1ccc(N[C@H](C)C(=O)N2CC(=O)Nc3ccccc32)c(OC)c1. The van der Waals surface area contributed by atoms with E-state index >= 15 is 0 Å². The van der Waals surface area contributed by atoms with Crippen LogP contribution in [0.1, 0.15) is 6.92 Å². The van der Waals surface area contributed by atoms with Crippen LogP contribution in [0.5, 0.6) is 11.5 Å². The van der Waals surface area contributed by atoms with E-state index in [2.05, 4.69) is 10.6 Å². The second-order valence-electron chi connectivity index (χ2n) is 5.92. The van der Waals surface area contributed by atoms with Gasteiger partial charge in [-0.2, -0.15) is 0 Å². The Labute approximate surface area is 151 Å². The molecule has 2 aromatic rings. The number of amides is 2. The number of rotatable bonds is 5. The molecule has 2 aromatic carbocycles. The molecule has 0 saturated heterocycles. The number of carbonyl (C=O) groups is 2. The lowest BCUT2D eigenvalue weighted by atomic mass is 10.1. The van der Waals surface area contributed by atoms with Gasteiger partial charge in [0, 0.05) is 6.07 Å². The second-order valence-corrected chi connectivity index (χ2v) is 5.92. The summed E-state index contributed by atoms with van der Waals surface area (Å²) in [5.41, 5.74) is 1.99. The zero-order valence-corrected chi connectivity index (χ0v) is 14.9. The molecule has 1 atom stereocenters. The molecule has 0 spiro atoms. The van der Waals surface area contributed by atoms with E-state index in [1.54, 1.807) is 45.4 Å². The van der Waals surface area contributed by atoms with Gasteiger partial charge < -0.3 is 20.1 Å². The van der Waals surface area contributed by atoms with Gasteiger partial charge in [0.05, 0.1) is 31.3 Å². The minimum Gasteiger partial charge on any atom is -0.497 e. The van der Waals surface area contributed by atoms with Crippen molar-refractivity contribution in [1.82, 2.24) is 0 Å². The Bertz CT molecular complexity index is 837. The van der Waals surface area contributed by atoms with Gasteiger partial charge in [0.25, 0.3) is 0 Å². The van der Waals surface area contributed by atoms with Crippen LogP contribution in [-0.4, -0.2) is 38.6 Å². The highest BCUT2D eigenvalue weighted by molar-refractivity contribution is 6.11. The number of ether oxygens (including phenoxy) is 2. The Morgan fingerprint density at radius 1 is 1.19 bits per heavy atom.